The number of aliphatic hydroxyl groups excluding tert-OH is 1. The second-order valence-corrected chi connectivity index (χ2v) is 12.7. The molecule has 0 saturated heterocycles. The Bertz CT molecular complexity index is 407. The highest BCUT2D eigenvalue weighted by Gasteiger charge is 2.46. The molecule has 0 aliphatic rings. The minimum atomic E-state index is -1.89. The second-order valence-electron chi connectivity index (χ2n) is 6.66. The lowest BCUT2D eigenvalue weighted by Gasteiger charge is -2.42. The van der Waals surface area contributed by atoms with Gasteiger partial charge in [0.25, 0.3) is 8.32 Å². The molecule has 1 aromatic rings. The highest BCUT2D eigenvalue weighted by Crippen LogP contribution is 2.42. The topological polar surface area (TPSA) is 29.5 Å². The molecule has 21 heavy (non-hydrogen) atoms. The fraction of sp³-hybridized carbons (Fsp3) is 0.647. The van der Waals surface area contributed by atoms with Crippen molar-refractivity contribution < 1.29 is 9.53 Å². The first-order valence-corrected chi connectivity index (χ1v) is 11.0. The summed E-state index contributed by atoms with van der Waals surface area (Å²) < 4.78 is 6.60. The summed E-state index contributed by atoms with van der Waals surface area (Å²) in [6.45, 7) is 13.7. The Morgan fingerprint density at radius 2 is 1.38 bits per heavy atom. The quantitative estimate of drug-likeness (QED) is 0.493. The van der Waals surface area contributed by atoms with Crippen molar-refractivity contribution >= 4 is 24.2 Å². The maximum Gasteiger partial charge on any atom is 0.258 e. The zero-order valence-corrected chi connectivity index (χ0v) is 16.6. The zero-order chi connectivity index (χ0) is 16.2. The molecule has 2 nitrogen and oxygen atoms in total. The molecule has 0 fully saturated rings. The van der Waals surface area contributed by atoms with Gasteiger partial charge in [-0.05, 0) is 34.3 Å². The van der Waals surface area contributed by atoms with Crippen molar-refractivity contribution in [3.05, 3.63) is 29.8 Å². The van der Waals surface area contributed by atoms with Crippen LogP contribution in [0.15, 0.2) is 24.3 Å². The van der Waals surface area contributed by atoms with Crippen LogP contribution in [0.25, 0.3) is 0 Å². The van der Waals surface area contributed by atoms with Crippen LogP contribution in [0, 0.1) is 0 Å². The molecule has 0 aromatic heterocycles. The summed E-state index contributed by atoms with van der Waals surface area (Å²) in [5, 5.41) is 10.4. The number of halogens is 1. The van der Waals surface area contributed by atoms with Crippen molar-refractivity contribution in [1.29, 1.82) is 0 Å². The molecular formula is C17H29BrO2Si. The summed E-state index contributed by atoms with van der Waals surface area (Å²) in [5.41, 5.74) is 2.60. The van der Waals surface area contributed by atoms with Crippen molar-refractivity contribution in [2.24, 2.45) is 0 Å². The van der Waals surface area contributed by atoms with E-state index in [1.54, 1.807) is 0 Å². The third-order valence-electron chi connectivity index (χ3n) is 4.41. The predicted molar refractivity (Wildman–Crippen MR) is 96.9 cm³/mol. The lowest BCUT2D eigenvalue weighted by atomic mass is 10.1. The lowest BCUT2D eigenvalue weighted by molar-refractivity contribution is 0.205. The first kappa shape index (κ1) is 18.7. The molecular weight excluding hydrogens is 344 g/mol. The van der Waals surface area contributed by atoms with Crippen LogP contribution < -0.4 is 4.43 Å². The maximum absolute atomic E-state index is 9.84. The fourth-order valence-electron chi connectivity index (χ4n) is 3.40. The molecule has 4 heteroatoms. The van der Waals surface area contributed by atoms with Gasteiger partial charge in [-0.1, -0.05) is 69.6 Å². The van der Waals surface area contributed by atoms with E-state index in [1.165, 1.54) is 0 Å². The highest BCUT2D eigenvalue weighted by atomic mass is 79.9. The molecule has 0 bridgehead atoms. The van der Waals surface area contributed by atoms with Gasteiger partial charge < -0.3 is 9.53 Å². The van der Waals surface area contributed by atoms with E-state index in [2.05, 4.69) is 57.5 Å². The van der Waals surface area contributed by atoms with Crippen LogP contribution >= 0.6 is 15.9 Å². The van der Waals surface area contributed by atoms with Crippen LogP contribution in [0.3, 0.4) is 0 Å². The molecule has 0 aliphatic heterocycles. The van der Waals surface area contributed by atoms with Gasteiger partial charge in [0.05, 0.1) is 6.10 Å². The number of rotatable bonds is 7. The Morgan fingerprint density at radius 3 is 1.71 bits per heavy atom. The molecule has 120 valence electrons. The van der Waals surface area contributed by atoms with Crippen LogP contribution in [0.1, 0.15) is 53.2 Å². The Kier molecular flexibility index (Phi) is 6.95. The smallest absolute Gasteiger partial charge is 0.258 e. The van der Waals surface area contributed by atoms with Gasteiger partial charge in [0.2, 0.25) is 0 Å². The standard InChI is InChI=1S/C17H29BrO2Si/c1-12(2)21(13(3)4,14(5)6)20-16-9-7-15(8-10-16)17(19)11-18/h7-10,12-14,17,19H,11H2,1-6H3. The molecule has 0 aliphatic carbocycles. The van der Waals surface area contributed by atoms with Gasteiger partial charge in [0.15, 0.2) is 0 Å². The van der Waals surface area contributed by atoms with Gasteiger partial charge in [0, 0.05) is 5.33 Å². The molecule has 1 atom stereocenters. The largest absolute Gasteiger partial charge is 0.543 e. The van der Waals surface area contributed by atoms with E-state index in [9.17, 15) is 5.11 Å². The van der Waals surface area contributed by atoms with Gasteiger partial charge in [-0.2, -0.15) is 0 Å². The predicted octanol–water partition coefficient (Wildman–Crippen LogP) is 5.67. The number of aliphatic hydroxyl groups is 1. The van der Waals surface area contributed by atoms with Crippen LogP contribution in [-0.4, -0.2) is 18.8 Å². The summed E-state index contributed by atoms with van der Waals surface area (Å²) in [5.74, 6) is 0.934. The van der Waals surface area contributed by atoms with Crippen molar-refractivity contribution in [3.8, 4) is 5.75 Å². The molecule has 1 rings (SSSR count). The Labute approximate surface area is 139 Å². The minimum Gasteiger partial charge on any atom is -0.543 e. The first-order valence-electron chi connectivity index (χ1n) is 7.78. The van der Waals surface area contributed by atoms with Gasteiger partial charge in [-0.25, -0.2) is 0 Å². The Balaban J connectivity index is 3.04. The Morgan fingerprint density at radius 1 is 0.952 bits per heavy atom. The molecule has 0 spiro atoms. The Hall–Kier alpha value is -0.323. The third-order valence-corrected chi connectivity index (χ3v) is 11.0. The van der Waals surface area contributed by atoms with E-state index in [-0.39, 0.29) is 0 Å². The SMILES string of the molecule is CC(C)[Si](Oc1ccc(C(O)CBr)cc1)(C(C)C)C(C)C. The fourth-order valence-corrected chi connectivity index (χ4v) is 9.03. The van der Waals surface area contributed by atoms with E-state index < -0.39 is 14.4 Å². The summed E-state index contributed by atoms with van der Waals surface area (Å²) in [6, 6.07) is 7.91. The minimum absolute atomic E-state index is 0.457. The van der Waals surface area contributed by atoms with Gasteiger partial charge in [0.1, 0.15) is 5.75 Å². The van der Waals surface area contributed by atoms with E-state index in [0.29, 0.717) is 22.0 Å². The van der Waals surface area contributed by atoms with Crippen LogP contribution in [0.4, 0.5) is 0 Å². The number of alkyl halides is 1. The summed E-state index contributed by atoms with van der Waals surface area (Å²) >= 11 is 3.30. The summed E-state index contributed by atoms with van der Waals surface area (Å²) in [6.07, 6.45) is -0.457. The number of benzene rings is 1. The monoisotopic (exact) mass is 372 g/mol. The van der Waals surface area contributed by atoms with Crippen molar-refractivity contribution in [3.63, 3.8) is 0 Å². The normalized spacial score (nSPS) is 14.0. The van der Waals surface area contributed by atoms with Gasteiger partial charge in [-0.15, -0.1) is 0 Å². The average Bonchev–Trinajstić information content (AvgIpc) is 2.43. The highest BCUT2D eigenvalue weighted by molar-refractivity contribution is 9.09. The average molecular weight is 373 g/mol. The van der Waals surface area contributed by atoms with E-state index in [1.807, 2.05) is 24.3 Å². The van der Waals surface area contributed by atoms with E-state index >= 15 is 0 Å². The first-order chi connectivity index (χ1) is 9.75. The third kappa shape index (κ3) is 4.11. The molecule has 1 aromatic carbocycles. The lowest BCUT2D eigenvalue weighted by Crippen LogP contribution is -2.50. The molecule has 1 N–H and O–H groups in total. The molecule has 0 saturated carbocycles. The summed E-state index contributed by atoms with van der Waals surface area (Å²) in [7, 11) is -1.89. The maximum atomic E-state index is 9.84. The van der Waals surface area contributed by atoms with Crippen LogP contribution in [0.2, 0.25) is 16.6 Å². The van der Waals surface area contributed by atoms with E-state index in [0.717, 1.165) is 11.3 Å². The molecule has 0 radical (unpaired) electrons. The molecule has 0 amide bonds. The number of hydrogen-bond acceptors (Lipinski definition) is 2. The van der Waals surface area contributed by atoms with Crippen molar-refractivity contribution in [2.45, 2.75) is 64.3 Å². The molecule has 0 heterocycles. The second kappa shape index (κ2) is 7.79. The summed E-state index contributed by atoms with van der Waals surface area (Å²) in [4.78, 5) is 0. The van der Waals surface area contributed by atoms with Crippen LogP contribution in [0.5, 0.6) is 5.75 Å². The van der Waals surface area contributed by atoms with Crippen LogP contribution in [-0.2, 0) is 0 Å². The number of hydrogen-bond donors (Lipinski definition) is 1. The van der Waals surface area contributed by atoms with Gasteiger partial charge >= 0.3 is 0 Å². The van der Waals surface area contributed by atoms with Crippen molar-refractivity contribution in [2.75, 3.05) is 5.33 Å². The molecule has 1 unspecified atom stereocenters. The van der Waals surface area contributed by atoms with Gasteiger partial charge in [-0.3, -0.25) is 0 Å². The van der Waals surface area contributed by atoms with E-state index in [4.69, 9.17) is 4.43 Å². The van der Waals surface area contributed by atoms with Crippen molar-refractivity contribution in [1.82, 2.24) is 0 Å². The zero-order valence-electron chi connectivity index (χ0n) is 14.1.